The number of benzene rings is 1. The van der Waals surface area contributed by atoms with E-state index in [1.54, 1.807) is 12.1 Å². The van der Waals surface area contributed by atoms with E-state index in [9.17, 15) is 4.79 Å². The first-order valence-electron chi connectivity index (χ1n) is 7.11. The second-order valence-corrected chi connectivity index (χ2v) is 6.03. The molecule has 0 radical (unpaired) electrons. The molecular weight excluding hydrogens is 320 g/mol. The summed E-state index contributed by atoms with van der Waals surface area (Å²) in [4.78, 5) is 12.0. The molecule has 1 saturated carbocycles. The molecule has 0 spiro atoms. The fourth-order valence-corrected chi connectivity index (χ4v) is 2.80. The molecule has 0 heterocycles. The van der Waals surface area contributed by atoms with Crippen molar-refractivity contribution in [2.24, 2.45) is 0 Å². The maximum atomic E-state index is 12.0. The fraction of sp³-hybridized carbons (Fsp3) is 0.533. The molecule has 5 heteroatoms. The Morgan fingerprint density at radius 2 is 2.10 bits per heavy atom. The minimum absolute atomic E-state index is 0.156. The van der Waals surface area contributed by atoms with Crippen LogP contribution < -0.4 is 11.1 Å². The van der Waals surface area contributed by atoms with E-state index in [1.165, 1.54) is 19.3 Å². The second-order valence-electron chi connectivity index (χ2n) is 5.12. The molecule has 1 aliphatic carbocycles. The van der Waals surface area contributed by atoms with Crippen molar-refractivity contribution in [3.63, 3.8) is 0 Å². The highest BCUT2D eigenvalue weighted by molar-refractivity contribution is 9.10. The molecule has 0 atom stereocenters. The van der Waals surface area contributed by atoms with Gasteiger partial charge >= 0.3 is 0 Å². The normalized spacial score (nSPS) is 16.1. The largest absolute Gasteiger partial charge is 0.398 e. The standard InChI is InChI=1S/C15H21BrN2O2/c16-11-6-7-14(17)13(10-11)15(19)18-8-9-20-12-4-2-1-3-5-12/h6-7,10,12H,1-5,8-9,17H2,(H,18,19). The van der Waals surface area contributed by atoms with Gasteiger partial charge in [0.05, 0.1) is 18.3 Å². The number of amides is 1. The van der Waals surface area contributed by atoms with Crippen LogP contribution >= 0.6 is 15.9 Å². The van der Waals surface area contributed by atoms with Crippen LogP contribution in [-0.2, 0) is 4.74 Å². The lowest BCUT2D eigenvalue weighted by Gasteiger charge is -2.22. The lowest BCUT2D eigenvalue weighted by atomic mass is 9.98. The Labute approximate surface area is 128 Å². The number of rotatable bonds is 5. The summed E-state index contributed by atoms with van der Waals surface area (Å²) < 4.78 is 6.61. The molecule has 0 unspecified atom stereocenters. The number of anilines is 1. The van der Waals surface area contributed by atoms with E-state index < -0.39 is 0 Å². The van der Waals surface area contributed by atoms with Crippen molar-refractivity contribution in [3.8, 4) is 0 Å². The SMILES string of the molecule is Nc1ccc(Br)cc1C(=O)NCCOC1CCCCC1. The van der Waals surface area contributed by atoms with E-state index in [0.717, 1.165) is 17.3 Å². The lowest BCUT2D eigenvalue weighted by molar-refractivity contribution is 0.0299. The number of hydrogen-bond acceptors (Lipinski definition) is 3. The first kappa shape index (κ1) is 15.3. The molecule has 110 valence electrons. The Kier molecular flexibility index (Phi) is 5.86. The van der Waals surface area contributed by atoms with Crippen LogP contribution in [0, 0.1) is 0 Å². The third kappa shape index (κ3) is 4.49. The van der Waals surface area contributed by atoms with Gasteiger partial charge in [-0.25, -0.2) is 0 Å². The zero-order valence-corrected chi connectivity index (χ0v) is 13.1. The number of carbonyl (C=O) groups is 1. The summed E-state index contributed by atoms with van der Waals surface area (Å²) in [5.74, 6) is -0.156. The van der Waals surface area contributed by atoms with Gasteiger partial charge < -0.3 is 15.8 Å². The van der Waals surface area contributed by atoms with Gasteiger partial charge in [-0.15, -0.1) is 0 Å². The number of halogens is 1. The summed E-state index contributed by atoms with van der Waals surface area (Å²) in [7, 11) is 0. The molecule has 4 nitrogen and oxygen atoms in total. The number of nitrogen functional groups attached to an aromatic ring is 1. The predicted molar refractivity (Wildman–Crippen MR) is 83.7 cm³/mol. The molecule has 20 heavy (non-hydrogen) atoms. The van der Waals surface area contributed by atoms with Gasteiger partial charge in [-0.1, -0.05) is 35.2 Å². The number of carbonyl (C=O) groups excluding carboxylic acids is 1. The molecule has 0 bridgehead atoms. The van der Waals surface area contributed by atoms with Crippen LogP contribution in [-0.4, -0.2) is 25.2 Å². The van der Waals surface area contributed by atoms with E-state index in [0.29, 0.717) is 30.5 Å². The second kappa shape index (κ2) is 7.64. The van der Waals surface area contributed by atoms with E-state index in [1.807, 2.05) is 6.07 Å². The highest BCUT2D eigenvalue weighted by atomic mass is 79.9. The molecule has 1 aromatic carbocycles. The van der Waals surface area contributed by atoms with Crippen molar-refractivity contribution in [3.05, 3.63) is 28.2 Å². The molecule has 1 fully saturated rings. The van der Waals surface area contributed by atoms with Gasteiger partial charge in [0.25, 0.3) is 5.91 Å². The maximum Gasteiger partial charge on any atom is 0.253 e. The van der Waals surface area contributed by atoms with Crippen molar-refractivity contribution in [2.75, 3.05) is 18.9 Å². The molecule has 1 amide bonds. The van der Waals surface area contributed by atoms with Crippen molar-refractivity contribution in [1.82, 2.24) is 5.32 Å². The summed E-state index contributed by atoms with van der Waals surface area (Å²) in [5, 5.41) is 2.84. The molecule has 2 rings (SSSR count). The summed E-state index contributed by atoms with van der Waals surface area (Å²) in [6.07, 6.45) is 6.49. The van der Waals surface area contributed by atoms with Gasteiger partial charge in [-0.3, -0.25) is 4.79 Å². The van der Waals surface area contributed by atoms with Gasteiger partial charge in [0.2, 0.25) is 0 Å². The van der Waals surface area contributed by atoms with Crippen molar-refractivity contribution >= 4 is 27.5 Å². The van der Waals surface area contributed by atoms with E-state index in [4.69, 9.17) is 10.5 Å². The Morgan fingerprint density at radius 3 is 2.85 bits per heavy atom. The Bertz CT molecular complexity index is 459. The molecule has 0 aromatic heterocycles. The van der Waals surface area contributed by atoms with E-state index in [-0.39, 0.29) is 5.91 Å². The number of hydrogen-bond donors (Lipinski definition) is 2. The topological polar surface area (TPSA) is 64.4 Å². The smallest absolute Gasteiger partial charge is 0.253 e. The average molecular weight is 341 g/mol. The lowest BCUT2D eigenvalue weighted by Crippen LogP contribution is -2.29. The summed E-state index contributed by atoms with van der Waals surface area (Å²) in [5.41, 5.74) is 6.78. The summed E-state index contributed by atoms with van der Waals surface area (Å²) >= 11 is 3.34. The van der Waals surface area contributed by atoms with Gasteiger partial charge in [0, 0.05) is 16.7 Å². The Balaban J connectivity index is 1.73. The molecule has 0 saturated heterocycles. The minimum Gasteiger partial charge on any atom is -0.398 e. The van der Waals surface area contributed by atoms with Crippen LogP contribution in [0.5, 0.6) is 0 Å². The van der Waals surface area contributed by atoms with Crippen LogP contribution in [0.4, 0.5) is 5.69 Å². The summed E-state index contributed by atoms with van der Waals surface area (Å²) in [6, 6.07) is 5.27. The molecule has 1 aromatic rings. The quantitative estimate of drug-likeness (QED) is 0.639. The molecule has 1 aliphatic rings. The average Bonchev–Trinajstić information content (AvgIpc) is 2.47. The van der Waals surface area contributed by atoms with Crippen LogP contribution in [0.15, 0.2) is 22.7 Å². The fourth-order valence-electron chi connectivity index (χ4n) is 2.44. The van der Waals surface area contributed by atoms with Gasteiger partial charge in [0.15, 0.2) is 0 Å². The molecular formula is C15H21BrN2O2. The predicted octanol–water partition coefficient (Wildman–Crippen LogP) is 3.11. The van der Waals surface area contributed by atoms with E-state index >= 15 is 0 Å². The Morgan fingerprint density at radius 1 is 1.35 bits per heavy atom. The summed E-state index contributed by atoms with van der Waals surface area (Å²) in [6.45, 7) is 1.08. The van der Waals surface area contributed by atoms with Gasteiger partial charge in [-0.2, -0.15) is 0 Å². The number of nitrogens with two attached hydrogens (primary N) is 1. The van der Waals surface area contributed by atoms with Gasteiger partial charge in [-0.05, 0) is 31.0 Å². The number of nitrogens with one attached hydrogen (secondary N) is 1. The van der Waals surface area contributed by atoms with Crippen molar-refractivity contribution in [1.29, 1.82) is 0 Å². The third-order valence-electron chi connectivity index (χ3n) is 3.55. The first-order chi connectivity index (χ1) is 9.66. The highest BCUT2D eigenvalue weighted by Crippen LogP contribution is 2.20. The molecule has 0 aliphatic heterocycles. The number of ether oxygens (including phenoxy) is 1. The van der Waals surface area contributed by atoms with Crippen molar-refractivity contribution < 1.29 is 9.53 Å². The molecule has 3 N–H and O–H groups in total. The third-order valence-corrected chi connectivity index (χ3v) is 4.05. The first-order valence-corrected chi connectivity index (χ1v) is 7.91. The maximum absolute atomic E-state index is 12.0. The van der Waals surface area contributed by atoms with E-state index in [2.05, 4.69) is 21.2 Å². The van der Waals surface area contributed by atoms with Crippen LogP contribution in [0.3, 0.4) is 0 Å². The minimum atomic E-state index is -0.156. The van der Waals surface area contributed by atoms with Crippen LogP contribution in [0.1, 0.15) is 42.5 Å². The van der Waals surface area contributed by atoms with Crippen LogP contribution in [0.25, 0.3) is 0 Å². The highest BCUT2D eigenvalue weighted by Gasteiger charge is 2.14. The van der Waals surface area contributed by atoms with Gasteiger partial charge in [0.1, 0.15) is 0 Å². The Hall–Kier alpha value is -1.07. The van der Waals surface area contributed by atoms with Crippen molar-refractivity contribution in [2.45, 2.75) is 38.2 Å². The zero-order valence-electron chi connectivity index (χ0n) is 11.5. The zero-order chi connectivity index (χ0) is 14.4. The van der Waals surface area contributed by atoms with Crippen LogP contribution in [0.2, 0.25) is 0 Å². The monoisotopic (exact) mass is 340 g/mol.